The lowest BCUT2D eigenvalue weighted by Crippen LogP contribution is -2.24. The maximum absolute atomic E-state index is 11.9. The molecule has 28 heavy (non-hydrogen) atoms. The van der Waals surface area contributed by atoms with Gasteiger partial charge >= 0.3 is 0 Å². The van der Waals surface area contributed by atoms with Gasteiger partial charge in [-0.3, -0.25) is 14.9 Å². The Hall–Kier alpha value is -2.78. The van der Waals surface area contributed by atoms with Gasteiger partial charge in [0.25, 0.3) is 11.6 Å². The molecule has 0 saturated carbocycles. The molecular formula is C19H13Br2N3O4. The molecule has 3 aromatic carbocycles. The number of para-hydroxylation sites is 1. The van der Waals surface area contributed by atoms with Gasteiger partial charge < -0.3 is 4.74 Å². The minimum absolute atomic E-state index is 0.0940. The van der Waals surface area contributed by atoms with Crippen molar-refractivity contribution in [2.45, 2.75) is 0 Å². The van der Waals surface area contributed by atoms with E-state index in [0.29, 0.717) is 5.75 Å². The van der Waals surface area contributed by atoms with E-state index >= 15 is 0 Å². The summed E-state index contributed by atoms with van der Waals surface area (Å²) in [4.78, 5) is 22.4. The Bertz CT molecular complexity index is 1090. The van der Waals surface area contributed by atoms with E-state index in [1.165, 1.54) is 18.3 Å². The molecule has 0 fully saturated rings. The highest BCUT2D eigenvalue weighted by Gasteiger charge is 2.11. The first-order chi connectivity index (χ1) is 13.5. The van der Waals surface area contributed by atoms with Gasteiger partial charge in [0.1, 0.15) is 5.75 Å². The fourth-order valence-corrected chi connectivity index (χ4v) is 3.45. The van der Waals surface area contributed by atoms with Gasteiger partial charge in [0, 0.05) is 10.5 Å². The average molecular weight is 507 g/mol. The van der Waals surface area contributed by atoms with Crippen LogP contribution < -0.4 is 10.2 Å². The summed E-state index contributed by atoms with van der Waals surface area (Å²) >= 11 is 6.92. The lowest BCUT2D eigenvalue weighted by atomic mass is 10.1. The Morgan fingerprint density at radius 2 is 1.96 bits per heavy atom. The van der Waals surface area contributed by atoms with E-state index in [2.05, 4.69) is 42.4 Å². The third-order valence-electron chi connectivity index (χ3n) is 3.77. The summed E-state index contributed by atoms with van der Waals surface area (Å²) in [5, 5.41) is 16.7. The molecule has 0 aliphatic heterocycles. The number of ether oxygens (including phenoxy) is 1. The molecule has 3 rings (SSSR count). The van der Waals surface area contributed by atoms with Gasteiger partial charge in [-0.2, -0.15) is 5.10 Å². The Morgan fingerprint density at radius 3 is 2.75 bits per heavy atom. The van der Waals surface area contributed by atoms with Crippen molar-refractivity contribution in [1.82, 2.24) is 5.43 Å². The molecule has 9 heteroatoms. The zero-order valence-electron chi connectivity index (χ0n) is 14.3. The molecule has 0 atom stereocenters. The van der Waals surface area contributed by atoms with Crippen LogP contribution in [0.5, 0.6) is 5.75 Å². The number of fused-ring (bicyclic) bond motifs is 1. The summed E-state index contributed by atoms with van der Waals surface area (Å²) in [6.07, 6.45) is 1.22. The van der Waals surface area contributed by atoms with Gasteiger partial charge in [-0.25, -0.2) is 5.43 Å². The number of carbonyl (C=O) groups is 1. The van der Waals surface area contributed by atoms with Crippen LogP contribution in [0, 0.1) is 10.1 Å². The van der Waals surface area contributed by atoms with E-state index in [0.717, 1.165) is 19.7 Å². The van der Waals surface area contributed by atoms with E-state index < -0.39 is 10.8 Å². The fraction of sp³-hybridized carbons (Fsp3) is 0.0526. The largest absolute Gasteiger partial charge is 0.483 e. The van der Waals surface area contributed by atoms with E-state index in [1.54, 1.807) is 18.2 Å². The fourth-order valence-electron chi connectivity index (χ4n) is 2.47. The van der Waals surface area contributed by atoms with Crippen molar-refractivity contribution in [3.8, 4) is 5.75 Å². The van der Waals surface area contributed by atoms with Crippen molar-refractivity contribution in [2.75, 3.05) is 6.61 Å². The van der Waals surface area contributed by atoms with Gasteiger partial charge in [-0.05, 0) is 51.0 Å². The van der Waals surface area contributed by atoms with Gasteiger partial charge in [0.05, 0.1) is 21.2 Å². The first kappa shape index (κ1) is 20.0. The molecule has 0 unspecified atom stereocenters. The van der Waals surface area contributed by atoms with Crippen LogP contribution in [-0.4, -0.2) is 23.7 Å². The predicted octanol–water partition coefficient (Wildman–Crippen LogP) is 4.80. The number of carbonyl (C=O) groups excluding carboxylic acids is 1. The molecule has 0 spiro atoms. The molecule has 0 bridgehead atoms. The number of hydrogen-bond donors (Lipinski definition) is 1. The van der Waals surface area contributed by atoms with Gasteiger partial charge in [-0.1, -0.05) is 40.2 Å². The zero-order chi connectivity index (χ0) is 20.1. The normalized spacial score (nSPS) is 10.9. The van der Waals surface area contributed by atoms with E-state index in [1.807, 2.05) is 24.3 Å². The molecule has 1 amide bonds. The number of rotatable bonds is 6. The van der Waals surface area contributed by atoms with Crippen molar-refractivity contribution in [1.29, 1.82) is 0 Å². The van der Waals surface area contributed by atoms with Crippen LogP contribution in [0.4, 0.5) is 5.69 Å². The zero-order valence-corrected chi connectivity index (χ0v) is 17.4. The molecule has 1 N–H and O–H groups in total. The molecule has 7 nitrogen and oxygen atoms in total. The summed E-state index contributed by atoms with van der Waals surface area (Å²) in [7, 11) is 0. The first-order valence-corrected chi connectivity index (χ1v) is 9.60. The van der Waals surface area contributed by atoms with Crippen LogP contribution in [0.2, 0.25) is 0 Å². The van der Waals surface area contributed by atoms with Crippen LogP contribution >= 0.6 is 31.9 Å². The number of halogens is 2. The Morgan fingerprint density at radius 1 is 1.18 bits per heavy atom. The minimum atomic E-state index is -0.512. The average Bonchev–Trinajstić information content (AvgIpc) is 2.67. The smallest absolute Gasteiger partial charge is 0.278 e. The second-order valence-electron chi connectivity index (χ2n) is 5.64. The Balaban J connectivity index is 1.62. The first-order valence-electron chi connectivity index (χ1n) is 8.01. The maximum Gasteiger partial charge on any atom is 0.278 e. The number of nitrogens with one attached hydrogen (secondary N) is 1. The highest BCUT2D eigenvalue weighted by atomic mass is 79.9. The highest BCUT2D eigenvalue weighted by molar-refractivity contribution is 9.11. The monoisotopic (exact) mass is 505 g/mol. The van der Waals surface area contributed by atoms with Crippen molar-refractivity contribution in [3.05, 3.63) is 79.2 Å². The lowest BCUT2D eigenvalue weighted by Gasteiger charge is -2.10. The number of amides is 1. The number of hydrazone groups is 1. The molecule has 142 valence electrons. The molecular weight excluding hydrogens is 494 g/mol. The van der Waals surface area contributed by atoms with Crippen LogP contribution in [0.15, 0.2) is 68.6 Å². The molecule has 3 aromatic rings. The maximum atomic E-state index is 11.9. The van der Waals surface area contributed by atoms with Crippen molar-refractivity contribution in [3.63, 3.8) is 0 Å². The van der Waals surface area contributed by atoms with Crippen LogP contribution in [-0.2, 0) is 4.79 Å². The summed E-state index contributed by atoms with van der Waals surface area (Å²) in [5.41, 5.74) is 2.49. The second kappa shape index (κ2) is 8.94. The van der Waals surface area contributed by atoms with Gasteiger partial charge in [0.15, 0.2) is 6.61 Å². The molecule has 0 aromatic heterocycles. The number of nitrogens with zero attached hydrogens (tertiary/aromatic N) is 2. The SMILES string of the molecule is O=C(COc1ccc2cc(Br)ccc2c1Br)N/N=C/c1ccccc1[N+](=O)[O-]. The second-order valence-corrected chi connectivity index (χ2v) is 7.35. The number of benzene rings is 3. The van der Waals surface area contributed by atoms with Crippen molar-refractivity contribution in [2.24, 2.45) is 5.10 Å². The topological polar surface area (TPSA) is 93.8 Å². The van der Waals surface area contributed by atoms with Crippen LogP contribution in [0.1, 0.15) is 5.56 Å². The summed E-state index contributed by atoms with van der Waals surface area (Å²) in [6, 6.07) is 15.6. The molecule has 0 heterocycles. The van der Waals surface area contributed by atoms with Gasteiger partial charge in [-0.15, -0.1) is 0 Å². The lowest BCUT2D eigenvalue weighted by molar-refractivity contribution is -0.385. The van der Waals surface area contributed by atoms with Crippen LogP contribution in [0.25, 0.3) is 10.8 Å². The Labute approximate surface area is 176 Å². The Kier molecular flexibility index (Phi) is 6.37. The third-order valence-corrected chi connectivity index (χ3v) is 5.08. The van der Waals surface area contributed by atoms with Crippen molar-refractivity contribution < 1.29 is 14.5 Å². The standard InChI is InChI=1S/C19H13Br2N3O4/c20-14-6-7-15-12(9-14)5-8-17(19(15)21)28-11-18(25)23-22-10-13-3-1-2-4-16(13)24(26)27/h1-10H,11H2,(H,23,25)/b22-10+. The third kappa shape index (κ3) is 4.73. The summed E-state index contributed by atoms with van der Waals surface area (Å²) in [5.74, 6) is 0.0327. The van der Waals surface area contributed by atoms with Crippen LogP contribution in [0.3, 0.4) is 0 Å². The van der Waals surface area contributed by atoms with E-state index in [4.69, 9.17) is 4.74 Å². The molecule has 0 radical (unpaired) electrons. The molecule has 0 saturated heterocycles. The molecule has 0 aliphatic carbocycles. The van der Waals surface area contributed by atoms with E-state index in [9.17, 15) is 14.9 Å². The highest BCUT2D eigenvalue weighted by Crippen LogP contribution is 2.34. The number of nitro groups is 1. The summed E-state index contributed by atoms with van der Waals surface area (Å²) in [6.45, 7) is -0.255. The quantitative estimate of drug-likeness (QED) is 0.295. The minimum Gasteiger partial charge on any atom is -0.483 e. The van der Waals surface area contributed by atoms with Crippen molar-refractivity contribution >= 4 is 60.4 Å². The summed E-state index contributed by atoms with van der Waals surface area (Å²) < 4.78 is 7.26. The number of nitro benzene ring substituents is 1. The van der Waals surface area contributed by atoms with Gasteiger partial charge in [0.2, 0.25) is 0 Å². The number of hydrogen-bond acceptors (Lipinski definition) is 5. The molecule has 0 aliphatic rings. The predicted molar refractivity (Wildman–Crippen MR) is 114 cm³/mol. The van der Waals surface area contributed by atoms with E-state index in [-0.39, 0.29) is 17.9 Å².